The third kappa shape index (κ3) is 4.35. The van der Waals surface area contributed by atoms with Crippen molar-refractivity contribution < 1.29 is 18.3 Å². The number of nitrogens with two attached hydrogens (primary N) is 1. The maximum atomic E-state index is 13.7. The molecule has 124 valence electrons. The maximum Gasteiger partial charge on any atom is 0.252 e. The van der Waals surface area contributed by atoms with Crippen LogP contribution in [0.5, 0.6) is 5.75 Å². The molecule has 0 aliphatic heterocycles. The van der Waals surface area contributed by atoms with Gasteiger partial charge in [0, 0.05) is 15.3 Å². The van der Waals surface area contributed by atoms with E-state index in [0.29, 0.717) is 0 Å². The molecule has 0 saturated heterocycles. The SMILES string of the molecule is Cc1cc(I)ccc1NC#CCOc1c(C(N)=O)ccc(F)c1F. The van der Waals surface area contributed by atoms with Crippen LogP contribution in [0.25, 0.3) is 0 Å². The summed E-state index contributed by atoms with van der Waals surface area (Å²) in [5, 5.41) is 2.89. The Morgan fingerprint density at radius 3 is 2.75 bits per heavy atom. The molecular weight excluding hydrogens is 429 g/mol. The summed E-state index contributed by atoms with van der Waals surface area (Å²) in [5.41, 5.74) is 6.72. The van der Waals surface area contributed by atoms with E-state index in [9.17, 15) is 13.6 Å². The fraction of sp³-hybridized carbons (Fsp3) is 0.118. The van der Waals surface area contributed by atoms with Crippen molar-refractivity contribution in [1.29, 1.82) is 0 Å². The summed E-state index contributed by atoms with van der Waals surface area (Å²) >= 11 is 2.21. The van der Waals surface area contributed by atoms with Crippen molar-refractivity contribution in [3.05, 3.63) is 56.7 Å². The molecule has 0 heterocycles. The third-order valence-electron chi connectivity index (χ3n) is 3.08. The van der Waals surface area contributed by atoms with E-state index >= 15 is 0 Å². The number of hydrogen-bond acceptors (Lipinski definition) is 3. The third-order valence-corrected chi connectivity index (χ3v) is 3.75. The smallest absolute Gasteiger partial charge is 0.252 e. The van der Waals surface area contributed by atoms with Gasteiger partial charge >= 0.3 is 0 Å². The van der Waals surface area contributed by atoms with E-state index in [2.05, 4.69) is 39.9 Å². The van der Waals surface area contributed by atoms with E-state index in [-0.39, 0.29) is 12.2 Å². The highest BCUT2D eigenvalue weighted by Crippen LogP contribution is 2.24. The monoisotopic (exact) mass is 442 g/mol. The van der Waals surface area contributed by atoms with Crippen molar-refractivity contribution in [1.82, 2.24) is 0 Å². The van der Waals surface area contributed by atoms with E-state index in [1.165, 1.54) is 0 Å². The van der Waals surface area contributed by atoms with Crippen LogP contribution in [0.1, 0.15) is 15.9 Å². The van der Waals surface area contributed by atoms with Crippen molar-refractivity contribution in [3.63, 3.8) is 0 Å². The number of primary amides is 1. The van der Waals surface area contributed by atoms with Gasteiger partial charge in [-0.05, 0) is 71.3 Å². The number of ether oxygens (including phenoxy) is 1. The van der Waals surface area contributed by atoms with Gasteiger partial charge in [-0.25, -0.2) is 4.39 Å². The second kappa shape index (κ2) is 7.97. The first-order valence-electron chi connectivity index (χ1n) is 6.80. The maximum absolute atomic E-state index is 13.7. The first-order valence-corrected chi connectivity index (χ1v) is 7.88. The number of nitrogens with one attached hydrogen (secondary N) is 1. The number of carbonyl (C=O) groups is 1. The Labute approximate surface area is 151 Å². The van der Waals surface area contributed by atoms with Crippen LogP contribution >= 0.6 is 22.6 Å². The molecule has 0 unspecified atom stereocenters. The molecule has 24 heavy (non-hydrogen) atoms. The van der Waals surface area contributed by atoms with Crippen molar-refractivity contribution in [3.8, 4) is 17.7 Å². The lowest BCUT2D eigenvalue weighted by molar-refractivity contribution is 0.0996. The summed E-state index contributed by atoms with van der Waals surface area (Å²) in [7, 11) is 0. The number of carbonyl (C=O) groups excluding carboxylic acids is 1. The zero-order chi connectivity index (χ0) is 17.7. The van der Waals surface area contributed by atoms with E-state index in [4.69, 9.17) is 10.5 Å². The predicted octanol–water partition coefficient (Wildman–Crippen LogP) is 3.43. The van der Waals surface area contributed by atoms with Gasteiger partial charge in [-0.15, -0.1) is 0 Å². The number of aryl methyl sites for hydroxylation is 1. The van der Waals surface area contributed by atoms with Crippen LogP contribution in [0.3, 0.4) is 0 Å². The van der Waals surface area contributed by atoms with Crippen molar-refractivity contribution in [2.75, 3.05) is 11.9 Å². The van der Waals surface area contributed by atoms with Gasteiger partial charge in [0.25, 0.3) is 5.91 Å². The van der Waals surface area contributed by atoms with Crippen LogP contribution in [-0.4, -0.2) is 12.5 Å². The quantitative estimate of drug-likeness (QED) is 0.434. The highest BCUT2D eigenvalue weighted by atomic mass is 127. The molecule has 0 atom stereocenters. The zero-order valence-corrected chi connectivity index (χ0v) is 14.8. The van der Waals surface area contributed by atoms with Gasteiger partial charge in [0.1, 0.15) is 0 Å². The van der Waals surface area contributed by atoms with Gasteiger partial charge in [-0.3, -0.25) is 4.79 Å². The molecule has 4 nitrogen and oxygen atoms in total. The van der Waals surface area contributed by atoms with Crippen molar-refractivity contribution >= 4 is 34.2 Å². The molecule has 2 rings (SSSR count). The largest absolute Gasteiger partial charge is 0.477 e. The predicted molar refractivity (Wildman–Crippen MR) is 95.7 cm³/mol. The van der Waals surface area contributed by atoms with E-state index in [0.717, 1.165) is 27.0 Å². The van der Waals surface area contributed by atoms with Gasteiger partial charge in [0.15, 0.2) is 18.2 Å². The number of hydrogen-bond donors (Lipinski definition) is 2. The fourth-order valence-corrected chi connectivity index (χ4v) is 2.54. The average Bonchev–Trinajstić information content (AvgIpc) is 2.52. The topological polar surface area (TPSA) is 64.3 Å². The second-order valence-electron chi connectivity index (χ2n) is 4.78. The van der Waals surface area contributed by atoms with E-state index in [1.807, 2.05) is 25.1 Å². The number of benzene rings is 2. The second-order valence-corrected chi connectivity index (χ2v) is 6.02. The Morgan fingerprint density at radius 2 is 2.08 bits per heavy atom. The molecular formula is C17H13F2IN2O2. The van der Waals surface area contributed by atoms with Gasteiger partial charge in [0.05, 0.1) is 5.56 Å². The number of halogens is 3. The molecule has 0 saturated carbocycles. The summed E-state index contributed by atoms with van der Waals surface area (Å²) in [4.78, 5) is 11.2. The first kappa shape index (κ1) is 18.0. The summed E-state index contributed by atoms with van der Waals surface area (Å²) in [6.45, 7) is 1.70. The lowest BCUT2D eigenvalue weighted by atomic mass is 10.2. The van der Waals surface area contributed by atoms with Crippen LogP contribution in [0, 0.1) is 34.1 Å². The Bertz CT molecular complexity index is 844. The van der Waals surface area contributed by atoms with Crippen molar-refractivity contribution in [2.45, 2.75) is 6.92 Å². The summed E-state index contributed by atoms with van der Waals surface area (Å²) in [6.07, 6.45) is 0. The molecule has 0 aliphatic carbocycles. The summed E-state index contributed by atoms with van der Waals surface area (Å²) < 4.78 is 33.1. The minimum absolute atomic E-state index is 0.239. The normalized spacial score (nSPS) is 9.83. The molecule has 7 heteroatoms. The lowest BCUT2D eigenvalue weighted by Crippen LogP contribution is -2.14. The molecule has 2 aromatic rings. The fourth-order valence-electron chi connectivity index (χ4n) is 1.89. The molecule has 0 aromatic heterocycles. The van der Waals surface area contributed by atoms with Gasteiger partial charge < -0.3 is 15.8 Å². The Hall–Kier alpha value is -2.34. The van der Waals surface area contributed by atoms with E-state index in [1.54, 1.807) is 0 Å². The van der Waals surface area contributed by atoms with E-state index < -0.39 is 23.3 Å². The van der Waals surface area contributed by atoms with Gasteiger partial charge in [-0.1, -0.05) is 0 Å². The first-order chi connectivity index (χ1) is 11.4. The molecule has 0 radical (unpaired) electrons. The highest BCUT2D eigenvalue weighted by molar-refractivity contribution is 14.1. The van der Waals surface area contributed by atoms with Crippen LogP contribution in [0.15, 0.2) is 30.3 Å². The Kier molecular flexibility index (Phi) is 5.98. The minimum atomic E-state index is -1.27. The molecule has 1 amide bonds. The Balaban J connectivity index is 2.05. The lowest BCUT2D eigenvalue weighted by Gasteiger charge is -2.08. The molecule has 0 fully saturated rings. The van der Waals surface area contributed by atoms with Crippen LogP contribution < -0.4 is 15.8 Å². The molecule has 0 aliphatic rings. The number of rotatable bonds is 4. The van der Waals surface area contributed by atoms with Gasteiger partial charge in [-0.2, -0.15) is 4.39 Å². The highest BCUT2D eigenvalue weighted by Gasteiger charge is 2.18. The summed E-state index contributed by atoms with van der Waals surface area (Å²) in [5.74, 6) is -1.24. The van der Waals surface area contributed by atoms with Gasteiger partial charge in [0.2, 0.25) is 5.82 Å². The molecule has 3 N–H and O–H groups in total. The van der Waals surface area contributed by atoms with Crippen LogP contribution in [0.2, 0.25) is 0 Å². The summed E-state index contributed by atoms with van der Waals surface area (Å²) in [6, 6.07) is 10.3. The molecule has 0 spiro atoms. The zero-order valence-electron chi connectivity index (χ0n) is 12.6. The Morgan fingerprint density at radius 1 is 1.33 bits per heavy atom. The minimum Gasteiger partial charge on any atom is -0.477 e. The van der Waals surface area contributed by atoms with Crippen LogP contribution in [0.4, 0.5) is 14.5 Å². The number of amides is 1. The van der Waals surface area contributed by atoms with Crippen molar-refractivity contribution in [2.24, 2.45) is 5.73 Å². The standard InChI is InChI=1S/C17H13F2IN2O2/c1-10-9-11(20)3-6-14(10)22-7-2-8-24-16-12(17(21)23)4-5-13(18)15(16)19/h3-6,9,22H,8H2,1H3,(H2,21,23). The van der Waals surface area contributed by atoms with Crippen LogP contribution in [-0.2, 0) is 0 Å². The molecule has 2 aromatic carbocycles. The molecule has 0 bridgehead atoms. The number of anilines is 1. The average molecular weight is 442 g/mol.